The Morgan fingerprint density at radius 3 is 2.29 bits per heavy atom. The predicted octanol–water partition coefficient (Wildman–Crippen LogP) is 2.98. The molecule has 2 aromatic rings. The number of aliphatic hydroxyl groups is 1. The number of hydrogen-bond donors (Lipinski definition) is 1. The number of benzene rings is 2. The monoisotopic (exact) mass is 296 g/mol. The molecule has 0 aliphatic carbocycles. The summed E-state index contributed by atoms with van der Waals surface area (Å²) in [5.74, 6) is -5.20. The normalized spacial score (nSPS) is 12.0. The van der Waals surface area contributed by atoms with Gasteiger partial charge in [0.05, 0.1) is 7.11 Å². The minimum absolute atomic E-state index is 0.00459. The summed E-state index contributed by atoms with van der Waals surface area (Å²) in [6.45, 7) is 0. The summed E-state index contributed by atoms with van der Waals surface area (Å²) in [6, 6.07) is 7.55. The molecule has 1 N–H and O–H groups in total. The van der Waals surface area contributed by atoms with E-state index in [-0.39, 0.29) is 16.7 Å². The number of hydrogen-bond acceptors (Lipinski definition) is 3. The van der Waals surface area contributed by atoms with Gasteiger partial charge in [-0.3, -0.25) is 0 Å². The van der Waals surface area contributed by atoms with Crippen LogP contribution < -0.4 is 0 Å². The van der Waals surface area contributed by atoms with Gasteiger partial charge in [-0.15, -0.1) is 0 Å². The lowest BCUT2D eigenvalue weighted by Crippen LogP contribution is -2.14. The fourth-order valence-electron chi connectivity index (χ4n) is 1.95. The summed E-state index contributed by atoms with van der Waals surface area (Å²) in [5.41, 5.74) is 0.313. The van der Waals surface area contributed by atoms with Crippen molar-refractivity contribution in [2.24, 2.45) is 0 Å². The first kappa shape index (κ1) is 15.1. The maximum absolute atomic E-state index is 13.3. The first-order chi connectivity index (χ1) is 9.95. The van der Waals surface area contributed by atoms with Gasteiger partial charge in [0, 0.05) is 0 Å². The molecule has 3 nitrogen and oxygen atoms in total. The molecule has 0 spiro atoms. The number of rotatable bonds is 3. The van der Waals surface area contributed by atoms with E-state index in [9.17, 15) is 23.1 Å². The SMILES string of the molecule is COC(=O)C(O)c1ccccc1-c1cc(F)c(F)c(F)c1. The molecule has 0 saturated carbocycles. The molecule has 2 aromatic carbocycles. The van der Waals surface area contributed by atoms with E-state index in [0.29, 0.717) is 0 Å². The standard InChI is InChI=1S/C15H11F3O3/c1-21-15(20)14(19)10-5-3-2-4-9(10)8-6-11(16)13(18)12(17)7-8/h2-7,14,19H,1H3. The summed E-state index contributed by atoms with van der Waals surface area (Å²) >= 11 is 0. The van der Waals surface area contributed by atoms with Crippen LogP contribution in [0.1, 0.15) is 11.7 Å². The lowest BCUT2D eigenvalue weighted by atomic mass is 9.96. The Morgan fingerprint density at radius 1 is 1.14 bits per heavy atom. The van der Waals surface area contributed by atoms with Crippen LogP contribution in [0.15, 0.2) is 36.4 Å². The van der Waals surface area contributed by atoms with Crippen molar-refractivity contribution in [3.05, 3.63) is 59.4 Å². The molecular formula is C15H11F3O3. The molecule has 2 rings (SSSR count). The summed E-state index contributed by atoms with van der Waals surface area (Å²) in [7, 11) is 1.10. The van der Waals surface area contributed by atoms with E-state index in [1.807, 2.05) is 0 Å². The van der Waals surface area contributed by atoms with Gasteiger partial charge >= 0.3 is 5.97 Å². The van der Waals surface area contributed by atoms with Gasteiger partial charge in [-0.2, -0.15) is 0 Å². The number of carbonyl (C=O) groups is 1. The molecule has 0 amide bonds. The minimum atomic E-state index is -1.61. The lowest BCUT2D eigenvalue weighted by Gasteiger charge is -2.14. The Balaban J connectivity index is 2.58. The van der Waals surface area contributed by atoms with E-state index in [4.69, 9.17) is 0 Å². The van der Waals surface area contributed by atoms with E-state index < -0.39 is 29.5 Å². The second-order valence-corrected chi connectivity index (χ2v) is 4.27. The Morgan fingerprint density at radius 2 is 1.71 bits per heavy atom. The Kier molecular flexibility index (Phi) is 4.28. The number of aliphatic hydroxyl groups excluding tert-OH is 1. The number of ether oxygens (including phenoxy) is 1. The molecule has 0 aliphatic heterocycles. The van der Waals surface area contributed by atoms with Crippen molar-refractivity contribution in [1.82, 2.24) is 0 Å². The summed E-state index contributed by atoms with van der Waals surface area (Å²) in [6.07, 6.45) is -1.61. The number of methoxy groups -OCH3 is 1. The average Bonchev–Trinajstić information content (AvgIpc) is 2.50. The van der Waals surface area contributed by atoms with Crippen LogP contribution in [0.5, 0.6) is 0 Å². The number of halogens is 3. The van der Waals surface area contributed by atoms with Gasteiger partial charge in [-0.05, 0) is 28.8 Å². The maximum atomic E-state index is 13.3. The zero-order valence-corrected chi connectivity index (χ0v) is 10.9. The molecule has 1 atom stereocenters. The van der Waals surface area contributed by atoms with E-state index in [2.05, 4.69) is 4.74 Å². The largest absolute Gasteiger partial charge is 0.467 e. The number of esters is 1. The average molecular weight is 296 g/mol. The summed E-state index contributed by atoms with van der Waals surface area (Å²) in [4.78, 5) is 11.4. The highest BCUT2D eigenvalue weighted by atomic mass is 19.2. The second-order valence-electron chi connectivity index (χ2n) is 4.27. The Hall–Kier alpha value is -2.34. The van der Waals surface area contributed by atoms with Crippen LogP contribution in [-0.4, -0.2) is 18.2 Å². The smallest absolute Gasteiger partial charge is 0.339 e. The highest BCUT2D eigenvalue weighted by Crippen LogP contribution is 2.30. The Labute approximate surface area is 118 Å². The van der Waals surface area contributed by atoms with E-state index in [0.717, 1.165) is 19.2 Å². The van der Waals surface area contributed by atoms with Crippen LogP contribution in [0.3, 0.4) is 0 Å². The van der Waals surface area contributed by atoms with Crippen molar-refractivity contribution in [2.75, 3.05) is 7.11 Å². The van der Waals surface area contributed by atoms with Crippen molar-refractivity contribution in [2.45, 2.75) is 6.10 Å². The van der Waals surface area contributed by atoms with Crippen LogP contribution in [0, 0.1) is 17.5 Å². The van der Waals surface area contributed by atoms with Crippen LogP contribution in [0.2, 0.25) is 0 Å². The first-order valence-electron chi connectivity index (χ1n) is 5.95. The van der Waals surface area contributed by atoms with Crippen LogP contribution >= 0.6 is 0 Å². The van der Waals surface area contributed by atoms with E-state index in [1.165, 1.54) is 12.1 Å². The molecule has 0 fully saturated rings. The maximum Gasteiger partial charge on any atom is 0.339 e. The van der Waals surface area contributed by atoms with Gasteiger partial charge in [0.15, 0.2) is 23.6 Å². The molecule has 0 aromatic heterocycles. The second kappa shape index (κ2) is 5.97. The van der Waals surface area contributed by atoms with Crippen LogP contribution in [0.25, 0.3) is 11.1 Å². The fraction of sp³-hybridized carbons (Fsp3) is 0.133. The van der Waals surface area contributed by atoms with Gasteiger partial charge in [0.1, 0.15) is 0 Å². The quantitative estimate of drug-likeness (QED) is 0.699. The molecule has 0 aliphatic rings. The van der Waals surface area contributed by atoms with Gasteiger partial charge in [-0.25, -0.2) is 18.0 Å². The van der Waals surface area contributed by atoms with Gasteiger partial charge < -0.3 is 9.84 Å². The van der Waals surface area contributed by atoms with E-state index >= 15 is 0 Å². The zero-order valence-electron chi connectivity index (χ0n) is 10.9. The zero-order chi connectivity index (χ0) is 15.6. The third-order valence-corrected chi connectivity index (χ3v) is 2.97. The lowest BCUT2D eigenvalue weighted by molar-refractivity contribution is -0.150. The number of carbonyl (C=O) groups excluding carboxylic acids is 1. The minimum Gasteiger partial charge on any atom is -0.467 e. The highest BCUT2D eigenvalue weighted by molar-refractivity contribution is 5.80. The van der Waals surface area contributed by atoms with Crippen molar-refractivity contribution in [1.29, 1.82) is 0 Å². The predicted molar refractivity (Wildman–Crippen MR) is 68.7 cm³/mol. The third-order valence-electron chi connectivity index (χ3n) is 2.97. The van der Waals surface area contributed by atoms with Crippen molar-refractivity contribution < 1.29 is 27.8 Å². The van der Waals surface area contributed by atoms with Crippen LogP contribution in [0.4, 0.5) is 13.2 Å². The van der Waals surface area contributed by atoms with Crippen molar-refractivity contribution in [3.63, 3.8) is 0 Å². The molecule has 110 valence electrons. The molecule has 1 unspecified atom stereocenters. The fourth-order valence-corrected chi connectivity index (χ4v) is 1.95. The first-order valence-corrected chi connectivity index (χ1v) is 5.95. The van der Waals surface area contributed by atoms with E-state index in [1.54, 1.807) is 12.1 Å². The molecule has 0 saturated heterocycles. The summed E-state index contributed by atoms with van der Waals surface area (Å²) < 4.78 is 44.0. The molecule has 0 radical (unpaired) electrons. The third kappa shape index (κ3) is 2.90. The topological polar surface area (TPSA) is 46.5 Å². The molecule has 0 bridgehead atoms. The highest BCUT2D eigenvalue weighted by Gasteiger charge is 2.22. The van der Waals surface area contributed by atoms with Gasteiger partial charge in [0.2, 0.25) is 0 Å². The van der Waals surface area contributed by atoms with Crippen LogP contribution in [-0.2, 0) is 9.53 Å². The van der Waals surface area contributed by atoms with Crippen molar-refractivity contribution >= 4 is 5.97 Å². The molecule has 21 heavy (non-hydrogen) atoms. The molecule has 6 heteroatoms. The van der Waals surface area contributed by atoms with Gasteiger partial charge in [0.25, 0.3) is 0 Å². The summed E-state index contributed by atoms with van der Waals surface area (Å²) in [5, 5.41) is 9.89. The molecule has 0 heterocycles. The van der Waals surface area contributed by atoms with Crippen molar-refractivity contribution in [3.8, 4) is 11.1 Å². The Bertz CT molecular complexity index is 663. The van der Waals surface area contributed by atoms with Gasteiger partial charge in [-0.1, -0.05) is 24.3 Å². The molecular weight excluding hydrogens is 285 g/mol.